The Morgan fingerprint density at radius 3 is 1.54 bits per heavy atom. The first kappa shape index (κ1) is 41.3. The van der Waals surface area contributed by atoms with Crippen LogP contribution in [0.15, 0.2) is 0 Å². The summed E-state index contributed by atoms with van der Waals surface area (Å²) in [5.41, 5.74) is 0. The number of carboxylic acids is 3. The molecule has 0 aromatic rings. The summed E-state index contributed by atoms with van der Waals surface area (Å²) in [7, 11) is 8.77. The number of hydrogen-bond donors (Lipinski definition) is 2. The van der Waals surface area contributed by atoms with E-state index in [-0.39, 0.29) is 90.9 Å². The van der Waals surface area contributed by atoms with E-state index in [0.29, 0.717) is 12.3 Å². The molecule has 0 saturated carbocycles. The molecule has 0 unspecified atom stereocenters. The number of nitrogens with one attached hydrogen (secondary N) is 2. The molecule has 1 amide bonds. The first-order chi connectivity index (χ1) is 18.0. The summed E-state index contributed by atoms with van der Waals surface area (Å²) in [6, 6.07) is 0. The van der Waals surface area contributed by atoms with Crippen molar-refractivity contribution in [2.24, 2.45) is 0 Å². The Kier molecular flexibility index (Phi) is 28.5. The molecule has 225 valence electrons. The van der Waals surface area contributed by atoms with Crippen LogP contribution in [0, 0.1) is 39.9 Å². The fraction of sp³-hybridized carbons (Fsp3) is 0.762. The van der Waals surface area contributed by atoms with E-state index in [2.05, 4.69) is 10.6 Å². The minimum Gasteiger partial charge on any atom is -0.549 e. The van der Waals surface area contributed by atoms with E-state index < -0.39 is 37.5 Å². The molecule has 0 aliphatic heterocycles. The van der Waals surface area contributed by atoms with Gasteiger partial charge in [0.2, 0.25) is 5.91 Å². The number of hydrogen-bond acceptors (Lipinski definition) is 16. The van der Waals surface area contributed by atoms with Crippen molar-refractivity contribution in [1.29, 1.82) is 0 Å². The maximum Gasteiger partial charge on any atom is 3.00 e. The average Bonchev–Trinajstić information content (AvgIpc) is 2.80. The van der Waals surface area contributed by atoms with Crippen molar-refractivity contribution < 1.29 is 79.2 Å². The van der Waals surface area contributed by atoms with Gasteiger partial charge in [-0.1, -0.05) is 43.2 Å². The normalized spacial score (nSPS) is 11.0. The molecule has 1 radical (unpaired) electrons. The summed E-state index contributed by atoms with van der Waals surface area (Å²) < 4.78 is 0. The molecule has 2 N–H and O–H groups in total. The zero-order chi connectivity index (χ0) is 28.8. The number of carbonyl (C=O) groups excluding carboxylic acids is 5. The number of Topliss-reactive ketones (excluding diaryl/α,β-unsaturated/α-hetero) is 1. The SMILES string of the molecule is CNCCSSCSSCCNC(=O)CN(CCN(CCN(CC(C)=O)CC(=O)[O-])CC(=O)[O-])CC(=O)[O-].[Gd+3]. The standard InChI is InChI=1S/C21H39N5O8S4.Gd/c1-17(27)11-25(14-20(31)32)7-5-24(13-19(29)30)6-8-26(15-21(33)34)12-18(28)23-4-10-36-38-16-37-35-9-3-22-2;/h22H,3-16H2,1-2H3,(H,23,28)(H,29,30)(H,31,32)(H,33,34);/q;+3/p-3. The molecule has 0 rings (SSSR count). The van der Waals surface area contributed by atoms with Crippen molar-refractivity contribution in [3.8, 4) is 0 Å². The molecule has 0 bridgehead atoms. The number of rotatable bonds is 26. The maximum atomic E-state index is 12.3. The Hall–Kier alpha value is 0.115. The number of ketones is 1. The minimum atomic E-state index is -1.39. The molecule has 0 fully saturated rings. The van der Waals surface area contributed by atoms with Crippen LogP contribution in [0.2, 0.25) is 0 Å². The summed E-state index contributed by atoms with van der Waals surface area (Å²) in [5, 5.41) is 40.0. The Balaban J connectivity index is 0. The van der Waals surface area contributed by atoms with Gasteiger partial charge in [-0.05, 0) is 14.0 Å². The van der Waals surface area contributed by atoms with Crippen LogP contribution in [0.4, 0.5) is 0 Å². The monoisotopic (exact) mass is 772 g/mol. The van der Waals surface area contributed by atoms with Gasteiger partial charge in [0.25, 0.3) is 0 Å². The number of aliphatic carboxylic acids is 3. The van der Waals surface area contributed by atoms with Gasteiger partial charge in [-0.3, -0.25) is 24.3 Å². The van der Waals surface area contributed by atoms with E-state index in [0.717, 1.165) is 17.4 Å². The second-order valence-electron chi connectivity index (χ2n) is 7.97. The zero-order valence-corrected chi connectivity index (χ0v) is 27.5. The van der Waals surface area contributed by atoms with Gasteiger partial charge in [0, 0.05) is 70.4 Å². The Morgan fingerprint density at radius 2 is 1.08 bits per heavy atom. The predicted octanol–water partition coefficient (Wildman–Crippen LogP) is -4.21. The van der Waals surface area contributed by atoms with Crippen molar-refractivity contribution in [1.82, 2.24) is 25.3 Å². The Bertz CT molecular complexity index is 728. The third kappa shape index (κ3) is 28.0. The smallest absolute Gasteiger partial charge is 0.549 e. The van der Waals surface area contributed by atoms with Gasteiger partial charge in [-0.25, -0.2) is 0 Å². The fourth-order valence-corrected chi connectivity index (χ4v) is 8.22. The molecule has 0 atom stereocenters. The molecule has 0 aliphatic carbocycles. The van der Waals surface area contributed by atoms with Crippen molar-refractivity contribution in [3.05, 3.63) is 0 Å². The molecular weight excluding hydrogens is 736 g/mol. The summed E-state index contributed by atoms with van der Waals surface area (Å²) in [6.45, 7) is 1.01. The summed E-state index contributed by atoms with van der Waals surface area (Å²) >= 11 is 0. The van der Waals surface area contributed by atoms with Gasteiger partial charge < -0.3 is 40.3 Å². The van der Waals surface area contributed by atoms with Gasteiger partial charge in [0.15, 0.2) is 0 Å². The summed E-state index contributed by atoms with van der Waals surface area (Å²) in [5.74, 6) is -3.07. The number of carboxylic acid groups (broad SMARTS) is 3. The van der Waals surface area contributed by atoms with Crippen molar-refractivity contribution in [2.45, 2.75) is 6.92 Å². The summed E-state index contributed by atoms with van der Waals surface area (Å²) in [6.07, 6.45) is 0. The first-order valence-corrected chi connectivity index (χ1v) is 16.7. The largest absolute Gasteiger partial charge is 3.00 e. The van der Waals surface area contributed by atoms with Crippen LogP contribution in [0.5, 0.6) is 0 Å². The first-order valence-electron chi connectivity index (χ1n) is 11.7. The van der Waals surface area contributed by atoms with Gasteiger partial charge in [-0.2, -0.15) is 0 Å². The summed E-state index contributed by atoms with van der Waals surface area (Å²) in [4.78, 5) is 61.0. The second-order valence-corrected chi connectivity index (χ2v) is 13.5. The van der Waals surface area contributed by atoms with E-state index in [1.165, 1.54) is 21.6 Å². The van der Waals surface area contributed by atoms with Crippen molar-refractivity contribution >= 4 is 72.8 Å². The number of amides is 1. The molecular formula is C21H36GdN5O8S4. The van der Waals surface area contributed by atoms with Crippen LogP contribution in [0.1, 0.15) is 6.92 Å². The van der Waals surface area contributed by atoms with Gasteiger partial charge in [-0.15, -0.1) is 0 Å². The molecule has 0 heterocycles. The van der Waals surface area contributed by atoms with Crippen LogP contribution >= 0.6 is 43.2 Å². The third-order valence-corrected chi connectivity index (χ3v) is 10.1. The minimum absolute atomic E-state index is 0. The van der Waals surface area contributed by atoms with E-state index in [1.54, 1.807) is 43.2 Å². The average molecular weight is 772 g/mol. The maximum absolute atomic E-state index is 12.3. The molecule has 0 aliphatic rings. The molecule has 0 aromatic heterocycles. The van der Waals surface area contributed by atoms with Crippen LogP contribution in [-0.2, 0) is 24.0 Å². The van der Waals surface area contributed by atoms with Crippen LogP contribution < -0.4 is 26.0 Å². The molecule has 0 aromatic carbocycles. The number of nitrogens with zero attached hydrogens (tertiary/aromatic N) is 3. The zero-order valence-electron chi connectivity index (χ0n) is 22.0. The van der Waals surface area contributed by atoms with E-state index in [4.69, 9.17) is 0 Å². The van der Waals surface area contributed by atoms with Gasteiger partial charge >= 0.3 is 39.9 Å². The molecule has 18 heteroatoms. The van der Waals surface area contributed by atoms with Gasteiger partial charge in [0.05, 0.1) is 36.1 Å². The third-order valence-electron chi connectivity index (χ3n) is 4.54. The number of carbonyl (C=O) groups is 5. The Morgan fingerprint density at radius 1 is 0.641 bits per heavy atom. The molecule has 39 heavy (non-hydrogen) atoms. The quantitative estimate of drug-likeness (QED) is 0.0489. The fourth-order valence-electron chi connectivity index (χ4n) is 2.97. The van der Waals surface area contributed by atoms with E-state index in [9.17, 15) is 39.3 Å². The van der Waals surface area contributed by atoms with Crippen LogP contribution in [0.25, 0.3) is 0 Å². The Labute approximate surface area is 277 Å². The van der Waals surface area contributed by atoms with Crippen molar-refractivity contribution in [3.63, 3.8) is 0 Å². The second kappa shape index (κ2) is 27.0. The van der Waals surface area contributed by atoms with Crippen LogP contribution in [0.3, 0.4) is 0 Å². The van der Waals surface area contributed by atoms with E-state index in [1.807, 2.05) is 7.05 Å². The molecule has 0 saturated heterocycles. The van der Waals surface area contributed by atoms with Gasteiger partial charge in [0.1, 0.15) is 5.78 Å². The van der Waals surface area contributed by atoms with Crippen molar-refractivity contribution in [2.75, 3.05) is 95.6 Å². The topological polar surface area (TPSA) is 188 Å². The van der Waals surface area contributed by atoms with E-state index >= 15 is 0 Å². The predicted molar refractivity (Wildman–Crippen MR) is 147 cm³/mol. The molecule has 13 nitrogen and oxygen atoms in total. The molecule has 0 spiro atoms. The van der Waals surface area contributed by atoms with Crippen LogP contribution in [-0.4, -0.2) is 140 Å².